The molecule has 0 radical (unpaired) electrons. The molecule has 0 aliphatic heterocycles. The number of ether oxygens (including phenoxy) is 1. The van der Waals surface area contributed by atoms with Gasteiger partial charge in [-0.05, 0) is 34.1 Å². The summed E-state index contributed by atoms with van der Waals surface area (Å²) in [5.74, 6) is 0.813. The summed E-state index contributed by atoms with van der Waals surface area (Å²) in [6, 6.07) is 4.46. The molecule has 2 aromatic rings. The van der Waals surface area contributed by atoms with E-state index >= 15 is 0 Å². The summed E-state index contributed by atoms with van der Waals surface area (Å²) < 4.78 is 32.0. The van der Waals surface area contributed by atoms with Crippen LogP contribution in [0.4, 0.5) is 0 Å². The lowest BCUT2D eigenvalue weighted by molar-refractivity contribution is 0.411. The summed E-state index contributed by atoms with van der Waals surface area (Å²) in [5.41, 5.74) is 0. The first-order valence-corrected chi connectivity index (χ1v) is 7.36. The second-order valence-electron chi connectivity index (χ2n) is 3.45. The van der Waals surface area contributed by atoms with Crippen molar-refractivity contribution in [3.05, 3.63) is 28.5 Å². The number of nitrogens with zero attached hydrogens (tertiary/aromatic N) is 3. The van der Waals surface area contributed by atoms with Gasteiger partial charge in [-0.25, -0.2) is 13.1 Å². The van der Waals surface area contributed by atoms with E-state index in [1.165, 1.54) is 19.2 Å². The molecule has 0 amide bonds. The Kier molecular flexibility index (Phi) is 4.12. The molecular weight excluding hydrogens is 338 g/mol. The molecule has 0 unspecified atom stereocenters. The second-order valence-corrected chi connectivity index (χ2v) is 6.07. The normalized spacial score (nSPS) is 11.5. The molecule has 19 heavy (non-hydrogen) atoms. The van der Waals surface area contributed by atoms with Crippen LogP contribution in [0.2, 0.25) is 0 Å². The molecule has 1 aromatic carbocycles. The van der Waals surface area contributed by atoms with E-state index in [1.807, 2.05) is 0 Å². The number of tetrazole rings is 1. The third kappa shape index (κ3) is 3.28. The zero-order chi connectivity index (χ0) is 13.9. The minimum Gasteiger partial charge on any atom is -0.496 e. The van der Waals surface area contributed by atoms with Gasteiger partial charge in [0.05, 0.1) is 23.0 Å². The molecule has 0 aliphatic rings. The number of hydrogen-bond acceptors (Lipinski definition) is 6. The Morgan fingerprint density at radius 2 is 2.26 bits per heavy atom. The average Bonchev–Trinajstić information content (AvgIpc) is 2.89. The highest BCUT2D eigenvalue weighted by Crippen LogP contribution is 2.27. The van der Waals surface area contributed by atoms with Crippen LogP contribution in [0.5, 0.6) is 5.75 Å². The molecule has 0 saturated heterocycles. The van der Waals surface area contributed by atoms with Gasteiger partial charge < -0.3 is 4.74 Å². The molecule has 0 atom stereocenters. The molecule has 10 heteroatoms. The third-order valence-electron chi connectivity index (χ3n) is 2.24. The predicted molar refractivity (Wildman–Crippen MR) is 68.9 cm³/mol. The highest BCUT2D eigenvalue weighted by atomic mass is 79.9. The van der Waals surface area contributed by atoms with Crippen molar-refractivity contribution in [3.8, 4) is 5.75 Å². The van der Waals surface area contributed by atoms with Crippen LogP contribution in [0.3, 0.4) is 0 Å². The summed E-state index contributed by atoms with van der Waals surface area (Å²) in [5, 5.41) is 12.9. The number of H-pyrrole nitrogens is 1. The number of aromatic nitrogens is 4. The third-order valence-corrected chi connectivity index (χ3v) is 4.26. The van der Waals surface area contributed by atoms with Crippen LogP contribution in [0, 0.1) is 0 Å². The van der Waals surface area contributed by atoms with E-state index < -0.39 is 10.0 Å². The van der Waals surface area contributed by atoms with Crippen LogP contribution in [0.1, 0.15) is 5.82 Å². The molecule has 1 aromatic heterocycles. The van der Waals surface area contributed by atoms with Gasteiger partial charge in [0, 0.05) is 0 Å². The lowest BCUT2D eigenvalue weighted by atomic mass is 10.3. The minimum atomic E-state index is -3.64. The first-order valence-electron chi connectivity index (χ1n) is 5.08. The van der Waals surface area contributed by atoms with Gasteiger partial charge in [0.2, 0.25) is 10.0 Å². The molecule has 0 spiro atoms. The van der Waals surface area contributed by atoms with E-state index in [1.54, 1.807) is 6.07 Å². The highest BCUT2D eigenvalue weighted by Gasteiger charge is 2.16. The van der Waals surface area contributed by atoms with Gasteiger partial charge in [0.1, 0.15) is 5.75 Å². The van der Waals surface area contributed by atoms with E-state index in [0.717, 1.165) is 0 Å². The first-order chi connectivity index (χ1) is 9.03. The van der Waals surface area contributed by atoms with Gasteiger partial charge in [0.25, 0.3) is 0 Å². The molecule has 1 heterocycles. The van der Waals surface area contributed by atoms with Gasteiger partial charge in [0.15, 0.2) is 5.82 Å². The lowest BCUT2D eigenvalue weighted by Gasteiger charge is -2.07. The van der Waals surface area contributed by atoms with Crippen LogP contribution >= 0.6 is 15.9 Å². The maximum atomic E-state index is 12.0. The maximum Gasteiger partial charge on any atom is 0.241 e. The van der Waals surface area contributed by atoms with Crippen LogP contribution < -0.4 is 9.46 Å². The van der Waals surface area contributed by atoms with Gasteiger partial charge in [-0.15, -0.1) is 10.2 Å². The van der Waals surface area contributed by atoms with E-state index in [4.69, 9.17) is 4.74 Å². The molecule has 102 valence electrons. The number of hydrogen-bond donors (Lipinski definition) is 2. The van der Waals surface area contributed by atoms with Gasteiger partial charge in [-0.2, -0.15) is 5.21 Å². The maximum absolute atomic E-state index is 12.0. The molecule has 0 aliphatic carbocycles. The van der Waals surface area contributed by atoms with Crippen molar-refractivity contribution in [1.29, 1.82) is 0 Å². The smallest absolute Gasteiger partial charge is 0.241 e. The van der Waals surface area contributed by atoms with E-state index in [2.05, 4.69) is 41.3 Å². The summed E-state index contributed by atoms with van der Waals surface area (Å²) in [6.07, 6.45) is 0. The van der Waals surface area contributed by atoms with E-state index in [9.17, 15) is 8.42 Å². The monoisotopic (exact) mass is 347 g/mol. The number of methoxy groups -OCH3 is 1. The number of rotatable bonds is 5. The number of nitrogens with one attached hydrogen (secondary N) is 2. The zero-order valence-corrected chi connectivity index (χ0v) is 12.2. The predicted octanol–water partition coefficient (Wildman–Crippen LogP) is 0.449. The first kappa shape index (κ1) is 13.9. The number of halogens is 1. The van der Waals surface area contributed by atoms with Crippen LogP contribution in [-0.2, 0) is 16.6 Å². The molecule has 2 rings (SSSR count). The standard InChI is InChI=1S/C9H10BrN5O3S/c1-18-8-3-2-6(4-7(8)10)19(16,17)11-5-9-12-14-15-13-9/h2-4,11H,5H2,1H3,(H,12,13,14,15). The Morgan fingerprint density at radius 3 is 2.84 bits per heavy atom. The Hall–Kier alpha value is -1.52. The van der Waals surface area contributed by atoms with Crippen molar-refractivity contribution in [2.75, 3.05) is 7.11 Å². The molecule has 0 saturated carbocycles. The van der Waals surface area contributed by atoms with Crippen LogP contribution in [-0.4, -0.2) is 36.2 Å². The largest absolute Gasteiger partial charge is 0.496 e. The van der Waals surface area contributed by atoms with Gasteiger partial charge in [-0.3, -0.25) is 0 Å². The summed E-state index contributed by atoms with van der Waals surface area (Å²) in [4.78, 5) is 0.115. The summed E-state index contributed by atoms with van der Waals surface area (Å²) >= 11 is 3.23. The van der Waals surface area contributed by atoms with Gasteiger partial charge in [-0.1, -0.05) is 5.21 Å². The average molecular weight is 348 g/mol. The van der Waals surface area contributed by atoms with Crippen molar-refractivity contribution >= 4 is 26.0 Å². The number of benzene rings is 1. The summed E-state index contributed by atoms with van der Waals surface area (Å²) in [7, 11) is -2.14. The van der Waals surface area contributed by atoms with Crippen molar-refractivity contribution < 1.29 is 13.2 Å². The topological polar surface area (TPSA) is 110 Å². The molecule has 2 N–H and O–H groups in total. The molecule has 8 nitrogen and oxygen atoms in total. The number of sulfonamides is 1. The van der Waals surface area contributed by atoms with Crippen LogP contribution in [0.15, 0.2) is 27.6 Å². The van der Waals surface area contributed by atoms with Crippen molar-refractivity contribution in [2.45, 2.75) is 11.4 Å². The Bertz CT molecular complexity index is 658. The van der Waals surface area contributed by atoms with Crippen molar-refractivity contribution in [2.24, 2.45) is 0 Å². The van der Waals surface area contributed by atoms with E-state index in [-0.39, 0.29) is 17.3 Å². The fourth-order valence-corrected chi connectivity index (χ4v) is 3.01. The minimum absolute atomic E-state index is 0.0392. The van der Waals surface area contributed by atoms with Crippen molar-refractivity contribution in [1.82, 2.24) is 25.3 Å². The van der Waals surface area contributed by atoms with Gasteiger partial charge >= 0.3 is 0 Å². The quantitative estimate of drug-likeness (QED) is 0.812. The molecule has 0 fully saturated rings. The zero-order valence-electron chi connectivity index (χ0n) is 9.79. The summed E-state index contributed by atoms with van der Waals surface area (Å²) in [6.45, 7) is -0.0392. The van der Waals surface area contributed by atoms with E-state index in [0.29, 0.717) is 10.2 Å². The molecular formula is C9H10BrN5O3S. The fraction of sp³-hybridized carbons (Fsp3) is 0.222. The second kappa shape index (κ2) is 5.63. The van der Waals surface area contributed by atoms with Crippen LogP contribution in [0.25, 0.3) is 0 Å². The molecule has 0 bridgehead atoms. The highest BCUT2D eigenvalue weighted by molar-refractivity contribution is 9.10. The Labute approximate surface area is 117 Å². The SMILES string of the molecule is COc1ccc(S(=O)(=O)NCc2nn[nH]n2)cc1Br. The van der Waals surface area contributed by atoms with Crippen molar-refractivity contribution in [3.63, 3.8) is 0 Å². The Morgan fingerprint density at radius 1 is 1.47 bits per heavy atom. The fourth-order valence-electron chi connectivity index (χ4n) is 1.31. The lowest BCUT2D eigenvalue weighted by Crippen LogP contribution is -2.23. The number of aromatic amines is 1. The Balaban J connectivity index is 2.17.